The Labute approximate surface area is 191 Å². The van der Waals surface area contributed by atoms with Crippen molar-refractivity contribution in [2.75, 3.05) is 12.8 Å². The van der Waals surface area contributed by atoms with Crippen molar-refractivity contribution in [1.82, 2.24) is 15.3 Å². The van der Waals surface area contributed by atoms with Crippen molar-refractivity contribution in [2.24, 2.45) is 0 Å². The molecule has 0 aliphatic carbocycles. The molecule has 0 unspecified atom stereocenters. The molecular weight excluding hydrogens is 437 g/mol. The number of hydrogen-bond acceptors (Lipinski definition) is 4. The number of nitrogens with one attached hydrogen (secondary N) is 1. The first-order valence-corrected chi connectivity index (χ1v) is 11.7. The molecular formula is C23H23Cl2N3OS. The number of halogens is 2. The van der Waals surface area contributed by atoms with Gasteiger partial charge in [0.1, 0.15) is 0 Å². The van der Waals surface area contributed by atoms with E-state index >= 15 is 0 Å². The Kier molecular flexibility index (Phi) is 8.14. The van der Waals surface area contributed by atoms with Crippen LogP contribution in [-0.4, -0.2) is 28.7 Å². The third-order valence-corrected chi connectivity index (χ3v) is 5.60. The van der Waals surface area contributed by atoms with Gasteiger partial charge < -0.3 is 5.32 Å². The Morgan fingerprint density at radius 2 is 1.77 bits per heavy atom. The van der Waals surface area contributed by atoms with Gasteiger partial charge in [-0.15, -0.1) is 0 Å². The van der Waals surface area contributed by atoms with Crippen LogP contribution in [0.25, 0.3) is 11.3 Å². The summed E-state index contributed by atoms with van der Waals surface area (Å²) in [5.74, 6) is -0.182. The fraction of sp³-hybridized carbons (Fsp3) is 0.261. The highest BCUT2D eigenvalue weighted by atomic mass is 35.5. The minimum Gasteiger partial charge on any atom is -0.352 e. The number of hydrogen-bond donors (Lipinski definition) is 1. The molecule has 0 atom stereocenters. The highest BCUT2D eigenvalue weighted by Crippen LogP contribution is 2.31. The maximum atomic E-state index is 13.1. The van der Waals surface area contributed by atoms with Crippen LogP contribution < -0.4 is 5.32 Å². The van der Waals surface area contributed by atoms with Gasteiger partial charge in [-0.05, 0) is 49.3 Å². The predicted octanol–water partition coefficient (Wildman–Crippen LogP) is 6.10. The number of carbonyl (C=O) groups excluding carboxylic acids is 1. The van der Waals surface area contributed by atoms with E-state index in [1.165, 1.54) is 17.3 Å². The van der Waals surface area contributed by atoms with Crippen molar-refractivity contribution in [3.05, 3.63) is 75.4 Å². The lowest BCUT2D eigenvalue weighted by atomic mass is 10.0. The normalized spacial score (nSPS) is 10.8. The third kappa shape index (κ3) is 5.75. The van der Waals surface area contributed by atoms with Gasteiger partial charge in [-0.25, -0.2) is 9.97 Å². The van der Waals surface area contributed by atoms with E-state index < -0.39 is 0 Å². The Hall–Kier alpha value is -2.08. The van der Waals surface area contributed by atoms with Gasteiger partial charge in [-0.3, -0.25) is 4.79 Å². The smallest absolute Gasteiger partial charge is 0.255 e. The summed E-state index contributed by atoms with van der Waals surface area (Å²) >= 11 is 13.8. The van der Waals surface area contributed by atoms with Crippen molar-refractivity contribution >= 4 is 40.9 Å². The van der Waals surface area contributed by atoms with Gasteiger partial charge in [-0.2, -0.15) is 0 Å². The van der Waals surface area contributed by atoms with Crippen molar-refractivity contribution < 1.29 is 4.79 Å². The van der Waals surface area contributed by atoms with E-state index in [4.69, 9.17) is 23.2 Å². The summed E-state index contributed by atoms with van der Waals surface area (Å²) in [5.41, 5.74) is 3.70. The van der Waals surface area contributed by atoms with E-state index in [1.54, 1.807) is 18.2 Å². The molecule has 3 rings (SSSR count). The first kappa shape index (κ1) is 22.6. The number of nitrogens with zero attached hydrogens (tertiary/aromatic N) is 2. The van der Waals surface area contributed by atoms with Gasteiger partial charge >= 0.3 is 0 Å². The molecule has 0 radical (unpaired) electrons. The molecule has 0 bridgehead atoms. The molecule has 3 aromatic rings. The summed E-state index contributed by atoms with van der Waals surface area (Å²) in [6, 6.07) is 15.4. The maximum absolute atomic E-state index is 13.1. The molecule has 1 N–H and O–H groups in total. The maximum Gasteiger partial charge on any atom is 0.255 e. The lowest BCUT2D eigenvalue weighted by molar-refractivity contribution is 0.0952. The standard InChI is InChI=1S/C23H23Cl2N3OS/c1-3-19-20(22(29)26-11-7-10-15-8-5-4-6-9-15)21(28-23(27-19)30-2)16-12-17(24)14-18(25)13-16/h4-6,8-9,12-14H,3,7,10-11H2,1-2H3,(H,26,29). The molecule has 2 aromatic carbocycles. The van der Waals surface area contributed by atoms with Crippen LogP contribution in [0.3, 0.4) is 0 Å². The highest BCUT2D eigenvalue weighted by molar-refractivity contribution is 7.98. The number of benzene rings is 2. The number of rotatable bonds is 8. The van der Waals surface area contributed by atoms with Gasteiger partial charge in [0.25, 0.3) is 5.91 Å². The van der Waals surface area contributed by atoms with Crippen molar-refractivity contribution in [2.45, 2.75) is 31.3 Å². The molecule has 4 nitrogen and oxygen atoms in total. The first-order chi connectivity index (χ1) is 14.5. The summed E-state index contributed by atoms with van der Waals surface area (Å²) < 4.78 is 0. The quantitative estimate of drug-likeness (QED) is 0.251. The number of amides is 1. The van der Waals surface area contributed by atoms with Gasteiger partial charge in [-0.1, -0.05) is 72.2 Å². The molecule has 156 valence electrons. The zero-order valence-corrected chi connectivity index (χ0v) is 19.2. The molecule has 1 amide bonds. The van der Waals surface area contributed by atoms with E-state index in [9.17, 15) is 4.79 Å². The van der Waals surface area contributed by atoms with E-state index in [1.807, 2.05) is 31.4 Å². The lowest BCUT2D eigenvalue weighted by Gasteiger charge is -2.15. The second-order valence-corrected chi connectivity index (χ2v) is 8.38. The topological polar surface area (TPSA) is 54.9 Å². The summed E-state index contributed by atoms with van der Waals surface area (Å²) in [6.07, 6.45) is 4.27. The van der Waals surface area contributed by atoms with Gasteiger partial charge in [0.15, 0.2) is 5.16 Å². The van der Waals surface area contributed by atoms with Crippen LogP contribution in [0.15, 0.2) is 53.7 Å². The minimum atomic E-state index is -0.182. The molecule has 0 saturated carbocycles. The Balaban J connectivity index is 1.87. The molecule has 0 saturated heterocycles. The molecule has 1 heterocycles. The Bertz CT molecular complexity index is 1010. The van der Waals surface area contributed by atoms with Crippen LogP contribution >= 0.6 is 35.0 Å². The first-order valence-electron chi connectivity index (χ1n) is 9.75. The van der Waals surface area contributed by atoms with Crippen molar-refractivity contribution in [3.63, 3.8) is 0 Å². The molecule has 7 heteroatoms. The fourth-order valence-electron chi connectivity index (χ4n) is 3.20. The van der Waals surface area contributed by atoms with E-state index in [0.717, 1.165) is 12.8 Å². The zero-order chi connectivity index (χ0) is 21.5. The summed E-state index contributed by atoms with van der Waals surface area (Å²) in [7, 11) is 0. The summed E-state index contributed by atoms with van der Waals surface area (Å²) in [6.45, 7) is 2.55. The zero-order valence-electron chi connectivity index (χ0n) is 16.9. The van der Waals surface area contributed by atoms with E-state index in [-0.39, 0.29) is 5.91 Å². The third-order valence-electron chi connectivity index (χ3n) is 4.61. The van der Waals surface area contributed by atoms with Crippen LogP contribution in [0.4, 0.5) is 0 Å². The SMILES string of the molecule is CCc1nc(SC)nc(-c2cc(Cl)cc(Cl)c2)c1C(=O)NCCCc1ccccc1. The van der Waals surface area contributed by atoms with Gasteiger partial charge in [0.2, 0.25) is 0 Å². The monoisotopic (exact) mass is 459 g/mol. The number of aryl methyl sites for hydroxylation is 2. The average Bonchev–Trinajstić information content (AvgIpc) is 2.75. The van der Waals surface area contributed by atoms with Crippen LogP contribution in [0.1, 0.15) is 35.0 Å². The molecule has 0 aliphatic heterocycles. The predicted molar refractivity (Wildman–Crippen MR) is 126 cm³/mol. The summed E-state index contributed by atoms with van der Waals surface area (Å²) in [5, 5.41) is 4.63. The van der Waals surface area contributed by atoms with E-state index in [2.05, 4.69) is 27.4 Å². The second kappa shape index (κ2) is 10.8. The van der Waals surface area contributed by atoms with Crippen molar-refractivity contribution in [1.29, 1.82) is 0 Å². The Morgan fingerprint density at radius 1 is 1.07 bits per heavy atom. The molecule has 30 heavy (non-hydrogen) atoms. The van der Waals surface area contributed by atoms with E-state index in [0.29, 0.717) is 50.7 Å². The number of aromatic nitrogens is 2. The minimum absolute atomic E-state index is 0.182. The highest BCUT2D eigenvalue weighted by Gasteiger charge is 2.21. The second-order valence-electron chi connectivity index (χ2n) is 6.74. The fourth-order valence-corrected chi connectivity index (χ4v) is 4.11. The average molecular weight is 460 g/mol. The molecule has 0 spiro atoms. The molecule has 0 fully saturated rings. The number of thioether (sulfide) groups is 1. The molecule has 1 aromatic heterocycles. The van der Waals surface area contributed by atoms with Crippen LogP contribution in [-0.2, 0) is 12.8 Å². The number of carbonyl (C=O) groups is 1. The van der Waals surface area contributed by atoms with Crippen molar-refractivity contribution in [3.8, 4) is 11.3 Å². The van der Waals surface area contributed by atoms with Gasteiger partial charge in [0, 0.05) is 22.2 Å². The largest absolute Gasteiger partial charge is 0.352 e. The van der Waals surface area contributed by atoms with Crippen LogP contribution in [0, 0.1) is 0 Å². The van der Waals surface area contributed by atoms with Crippen LogP contribution in [0.5, 0.6) is 0 Å². The summed E-state index contributed by atoms with van der Waals surface area (Å²) in [4.78, 5) is 22.3. The van der Waals surface area contributed by atoms with Gasteiger partial charge in [0.05, 0.1) is 17.0 Å². The Morgan fingerprint density at radius 3 is 2.40 bits per heavy atom. The van der Waals surface area contributed by atoms with Crippen LogP contribution in [0.2, 0.25) is 10.0 Å². The lowest BCUT2D eigenvalue weighted by Crippen LogP contribution is -2.27. The molecule has 0 aliphatic rings.